The van der Waals surface area contributed by atoms with Gasteiger partial charge in [-0.2, -0.15) is 0 Å². The maximum absolute atomic E-state index is 12.0. The number of nitrogen functional groups attached to an aromatic ring is 2. The maximum atomic E-state index is 12.0. The Morgan fingerprint density at radius 2 is 0.909 bits per heavy atom. The van der Waals surface area contributed by atoms with Gasteiger partial charge in [-0.25, -0.2) is 0 Å². The van der Waals surface area contributed by atoms with E-state index in [0.29, 0.717) is 22.5 Å². The molecule has 4 rings (SSSR count). The Kier molecular flexibility index (Phi) is 5.60. The van der Waals surface area contributed by atoms with Gasteiger partial charge in [0.1, 0.15) is 0 Å². The molecule has 0 saturated carbocycles. The van der Waals surface area contributed by atoms with Crippen molar-refractivity contribution < 1.29 is 14.6 Å². The summed E-state index contributed by atoms with van der Waals surface area (Å²) in [7, 11) is 0. The van der Waals surface area contributed by atoms with E-state index in [1.54, 1.807) is 72.8 Å². The van der Waals surface area contributed by atoms with Crippen molar-refractivity contribution in [2.75, 3.05) is 11.5 Å². The monoisotopic (exact) mass is 442 g/mol. The van der Waals surface area contributed by atoms with Gasteiger partial charge in [0.25, 0.3) is 0 Å². The van der Waals surface area contributed by atoms with Gasteiger partial charge in [0.2, 0.25) is 11.5 Å². The van der Waals surface area contributed by atoms with Gasteiger partial charge >= 0.3 is 11.4 Å². The summed E-state index contributed by atoms with van der Waals surface area (Å²) < 4.78 is 5.80. The lowest BCUT2D eigenvalue weighted by atomic mass is 10.0. The zero-order valence-corrected chi connectivity index (χ0v) is 17.2. The van der Waals surface area contributed by atoms with Crippen LogP contribution in [0.15, 0.2) is 84.9 Å². The number of nitro benzene ring substituents is 2. The molecule has 164 valence electrons. The highest BCUT2D eigenvalue weighted by Crippen LogP contribution is 2.45. The Balaban J connectivity index is 1.89. The molecule has 0 amide bonds. The van der Waals surface area contributed by atoms with E-state index in [-0.39, 0.29) is 34.0 Å². The third-order valence-corrected chi connectivity index (χ3v) is 5.08. The first-order valence-electron chi connectivity index (χ1n) is 9.81. The number of anilines is 2. The standard InChI is InChI=1S/C24H18N4O5/c25-19-11-3-1-7-15(19)17-9-5-13-21(23(17)27(29)30)33-22-14-6-10-18(24(22)28(31)32)16-8-2-4-12-20(16)26/h1-14H,25-26H2. The molecule has 4 aromatic carbocycles. The Hall–Kier alpha value is -4.92. The Bertz CT molecular complexity index is 1280. The van der Waals surface area contributed by atoms with Crippen molar-refractivity contribution in [3.8, 4) is 33.8 Å². The zero-order chi connectivity index (χ0) is 23.5. The minimum absolute atomic E-state index is 0.151. The molecule has 4 N–H and O–H groups in total. The minimum atomic E-state index is -0.595. The predicted octanol–water partition coefficient (Wildman–Crippen LogP) is 5.79. The average molecular weight is 442 g/mol. The Morgan fingerprint density at radius 1 is 0.545 bits per heavy atom. The number of rotatable bonds is 6. The molecule has 9 nitrogen and oxygen atoms in total. The quantitative estimate of drug-likeness (QED) is 0.218. The Labute approximate surface area is 188 Å². The summed E-state index contributed by atoms with van der Waals surface area (Å²) in [5.41, 5.74) is 13.4. The SMILES string of the molecule is Nc1ccccc1-c1cccc(Oc2cccc(-c3ccccc3N)c2[N+](=O)[O-])c1[N+](=O)[O-]. The molecule has 0 aliphatic rings. The number of benzene rings is 4. The van der Waals surface area contributed by atoms with E-state index in [2.05, 4.69) is 0 Å². The highest BCUT2D eigenvalue weighted by Gasteiger charge is 2.28. The van der Waals surface area contributed by atoms with Crippen LogP contribution >= 0.6 is 0 Å². The zero-order valence-electron chi connectivity index (χ0n) is 17.2. The fourth-order valence-electron chi connectivity index (χ4n) is 3.62. The smallest absolute Gasteiger partial charge is 0.319 e. The highest BCUT2D eigenvalue weighted by molar-refractivity contribution is 5.86. The molecule has 0 atom stereocenters. The van der Waals surface area contributed by atoms with Crippen LogP contribution in [0.3, 0.4) is 0 Å². The molecule has 0 heterocycles. The minimum Gasteiger partial charge on any atom is -0.443 e. The van der Waals surface area contributed by atoms with E-state index in [1.807, 2.05) is 0 Å². The maximum Gasteiger partial charge on any atom is 0.319 e. The van der Waals surface area contributed by atoms with Crippen molar-refractivity contribution in [1.29, 1.82) is 0 Å². The first-order valence-corrected chi connectivity index (χ1v) is 9.81. The molecular formula is C24H18N4O5. The number of nitrogens with two attached hydrogens (primary N) is 2. The molecule has 0 fully saturated rings. The first-order chi connectivity index (χ1) is 15.9. The third kappa shape index (κ3) is 4.02. The number of nitrogens with zero attached hydrogens (tertiary/aromatic N) is 2. The molecule has 0 unspecified atom stereocenters. The van der Waals surface area contributed by atoms with Gasteiger partial charge in [-0.3, -0.25) is 20.2 Å². The fraction of sp³-hybridized carbons (Fsp3) is 0. The van der Waals surface area contributed by atoms with Crippen LogP contribution in [0.1, 0.15) is 0 Å². The molecule has 0 bridgehead atoms. The number of para-hydroxylation sites is 4. The summed E-state index contributed by atoms with van der Waals surface area (Å²) in [6, 6.07) is 22.4. The second-order valence-corrected chi connectivity index (χ2v) is 7.10. The lowest BCUT2D eigenvalue weighted by molar-refractivity contribution is -0.386. The van der Waals surface area contributed by atoms with Crippen LogP contribution in [0.5, 0.6) is 11.5 Å². The van der Waals surface area contributed by atoms with Crippen LogP contribution in [-0.2, 0) is 0 Å². The largest absolute Gasteiger partial charge is 0.443 e. The summed E-state index contributed by atoms with van der Waals surface area (Å²) in [4.78, 5) is 22.8. The summed E-state index contributed by atoms with van der Waals surface area (Å²) in [6.45, 7) is 0. The van der Waals surface area contributed by atoms with Crippen molar-refractivity contribution in [3.05, 3.63) is 105 Å². The van der Waals surface area contributed by atoms with E-state index >= 15 is 0 Å². The summed E-state index contributed by atoms with van der Waals surface area (Å²) >= 11 is 0. The van der Waals surface area contributed by atoms with Crippen molar-refractivity contribution >= 4 is 22.7 Å². The van der Waals surface area contributed by atoms with Crippen molar-refractivity contribution in [2.24, 2.45) is 0 Å². The van der Waals surface area contributed by atoms with E-state index in [9.17, 15) is 20.2 Å². The molecule has 0 radical (unpaired) electrons. The van der Waals surface area contributed by atoms with Crippen molar-refractivity contribution in [1.82, 2.24) is 0 Å². The summed E-state index contributed by atoms with van der Waals surface area (Å²) in [5.74, 6) is -0.302. The predicted molar refractivity (Wildman–Crippen MR) is 126 cm³/mol. The normalized spacial score (nSPS) is 10.5. The van der Waals surface area contributed by atoms with Crippen LogP contribution in [0.2, 0.25) is 0 Å². The van der Waals surface area contributed by atoms with Gasteiger partial charge in [0.15, 0.2) is 0 Å². The van der Waals surface area contributed by atoms with Gasteiger partial charge < -0.3 is 16.2 Å². The number of hydrogen-bond donors (Lipinski definition) is 2. The van der Waals surface area contributed by atoms with Crippen molar-refractivity contribution in [3.63, 3.8) is 0 Å². The van der Waals surface area contributed by atoms with E-state index in [0.717, 1.165) is 0 Å². The third-order valence-electron chi connectivity index (χ3n) is 5.08. The molecule has 0 saturated heterocycles. The van der Waals surface area contributed by atoms with E-state index in [1.165, 1.54) is 12.1 Å². The van der Waals surface area contributed by atoms with Crippen LogP contribution < -0.4 is 16.2 Å². The second kappa shape index (κ2) is 8.67. The molecule has 0 aromatic heterocycles. The van der Waals surface area contributed by atoms with Crippen LogP contribution in [0.4, 0.5) is 22.7 Å². The molecule has 4 aromatic rings. The second-order valence-electron chi connectivity index (χ2n) is 7.10. The highest BCUT2D eigenvalue weighted by atomic mass is 16.6. The van der Waals surface area contributed by atoms with E-state index in [4.69, 9.17) is 16.2 Å². The summed E-state index contributed by atoms with van der Waals surface area (Å²) in [6.07, 6.45) is 0. The topological polar surface area (TPSA) is 148 Å². The molecule has 0 aliphatic heterocycles. The fourth-order valence-corrected chi connectivity index (χ4v) is 3.62. The lowest BCUT2D eigenvalue weighted by Gasteiger charge is -2.13. The first kappa shape index (κ1) is 21.3. The van der Waals surface area contributed by atoms with Gasteiger partial charge in [-0.1, -0.05) is 48.5 Å². The molecule has 0 spiro atoms. The molecule has 9 heteroatoms. The van der Waals surface area contributed by atoms with Crippen LogP contribution in [0, 0.1) is 20.2 Å². The Morgan fingerprint density at radius 3 is 1.27 bits per heavy atom. The van der Waals surface area contributed by atoms with Gasteiger partial charge in [0, 0.05) is 22.5 Å². The van der Waals surface area contributed by atoms with Gasteiger partial charge in [0.05, 0.1) is 21.0 Å². The molecule has 0 aliphatic carbocycles. The molecular weight excluding hydrogens is 424 g/mol. The van der Waals surface area contributed by atoms with Gasteiger partial charge in [-0.15, -0.1) is 0 Å². The lowest BCUT2D eigenvalue weighted by Crippen LogP contribution is -2.01. The summed E-state index contributed by atoms with van der Waals surface area (Å²) in [5, 5.41) is 24.0. The molecule has 33 heavy (non-hydrogen) atoms. The number of hydrogen-bond acceptors (Lipinski definition) is 7. The van der Waals surface area contributed by atoms with Crippen LogP contribution in [0.25, 0.3) is 22.3 Å². The van der Waals surface area contributed by atoms with E-state index < -0.39 is 9.85 Å². The number of ether oxygens (including phenoxy) is 1. The van der Waals surface area contributed by atoms with Gasteiger partial charge in [-0.05, 0) is 36.4 Å². The van der Waals surface area contributed by atoms with Crippen LogP contribution in [-0.4, -0.2) is 9.85 Å². The number of nitro groups is 2. The average Bonchev–Trinajstić information content (AvgIpc) is 2.79. The van der Waals surface area contributed by atoms with Crippen molar-refractivity contribution in [2.45, 2.75) is 0 Å².